The first-order chi connectivity index (χ1) is 34.8. The van der Waals surface area contributed by atoms with E-state index in [1.54, 1.807) is 83.1 Å². The number of imidazole rings is 1. The van der Waals surface area contributed by atoms with Crippen molar-refractivity contribution in [1.82, 2.24) is 39.7 Å². The van der Waals surface area contributed by atoms with Crippen LogP contribution in [0.4, 0.5) is 20.2 Å². The average Bonchev–Trinajstić information content (AvgIpc) is 3.98. The van der Waals surface area contributed by atoms with E-state index in [0.717, 1.165) is 22.7 Å². The first-order valence-electron chi connectivity index (χ1n) is 24.8. The number of aromatic nitrogens is 8. The number of hydrogen-bond acceptors (Lipinski definition) is 18. The summed E-state index contributed by atoms with van der Waals surface area (Å²) in [5, 5.41) is 12.9. The number of nitrogens with zero attached hydrogens (tertiary/aromatic N) is 9. The van der Waals surface area contributed by atoms with Crippen molar-refractivity contribution >= 4 is 61.0 Å². The molecule has 0 aliphatic carbocycles. The summed E-state index contributed by atoms with van der Waals surface area (Å²) < 4.78 is 50.0. The van der Waals surface area contributed by atoms with E-state index in [0.29, 0.717) is 17.1 Å². The van der Waals surface area contributed by atoms with Crippen LogP contribution >= 0.6 is 11.6 Å². The second-order valence-electron chi connectivity index (χ2n) is 23.2. The molecule has 0 spiro atoms. The maximum atomic E-state index is 14.7. The highest BCUT2D eigenvalue weighted by molar-refractivity contribution is 6.76. The number of esters is 1. The summed E-state index contributed by atoms with van der Waals surface area (Å²) in [7, 11) is -1.42. The summed E-state index contributed by atoms with van der Waals surface area (Å²) in [4.78, 5) is 71.3. The van der Waals surface area contributed by atoms with Gasteiger partial charge in [0.25, 0.3) is 0 Å². The number of hydrogen-bond donors (Lipinski definition) is 0. The molecule has 1 unspecified atom stereocenters. The van der Waals surface area contributed by atoms with Crippen molar-refractivity contribution < 1.29 is 57.1 Å². The summed E-state index contributed by atoms with van der Waals surface area (Å²) in [6.45, 7) is 29.0. The molecule has 4 atom stereocenters. The third-order valence-corrected chi connectivity index (χ3v) is 13.6. The van der Waals surface area contributed by atoms with Gasteiger partial charge < -0.3 is 37.9 Å². The van der Waals surface area contributed by atoms with E-state index in [1.807, 2.05) is 55.5 Å². The van der Waals surface area contributed by atoms with Crippen LogP contribution in [0.1, 0.15) is 106 Å². The number of halogens is 1. The van der Waals surface area contributed by atoms with Crippen molar-refractivity contribution in [3.63, 3.8) is 0 Å². The first-order valence-corrected chi connectivity index (χ1v) is 28.9. The van der Waals surface area contributed by atoms with Gasteiger partial charge in [-0.1, -0.05) is 82.0 Å². The van der Waals surface area contributed by atoms with Crippen molar-refractivity contribution in [2.24, 2.45) is 5.41 Å². The molecule has 0 bridgehead atoms. The van der Waals surface area contributed by atoms with Gasteiger partial charge in [0.2, 0.25) is 16.7 Å². The molecule has 0 saturated carbocycles. The van der Waals surface area contributed by atoms with Crippen LogP contribution in [0.2, 0.25) is 31.0 Å². The lowest BCUT2D eigenvalue weighted by Crippen LogP contribution is -2.47. The Bertz CT molecular complexity index is 2800. The molecular formula is C52H72ClN9O12Si. The molecule has 4 heterocycles. The minimum absolute atomic E-state index is 0.0111. The van der Waals surface area contributed by atoms with Gasteiger partial charge in [-0.05, 0) is 121 Å². The molecule has 3 aromatic heterocycles. The van der Waals surface area contributed by atoms with Crippen LogP contribution in [0.5, 0.6) is 0 Å². The predicted molar refractivity (Wildman–Crippen MR) is 281 cm³/mol. The molecule has 21 nitrogen and oxygen atoms in total. The topological polar surface area (TPSA) is 233 Å². The Balaban J connectivity index is 1.45. The monoisotopic (exact) mass is 1080 g/mol. The maximum absolute atomic E-state index is 14.7. The van der Waals surface area contributed by atoms with Gasteiger partial charge >= 0.3 is 24.3 Å². The largest absolute Gasteiger partial charge is 0.509 e. The highest BCUT2D eigenvalue weighted by atomic mass is 35.5. The van der Waals surface area contributed by atoms with Gasteiger partial charge in [-0.3, -0.25) is 4.57 Å². The molecule has 5 aromatic rings. The second kappa shape index (κ2) is 22.6. The summed E-state index contributed by atoms with van der Waals surface area (Å²) in [5.74, 6) is -1.24. The fourth-order valence-electron chi connectivity index (χ4n) is 7.95. The van der Waals surface area contributed by atoms with Crippen LogP contribution < -0.4 is 4.90 Å². The minimum Gasteiger partial charge on any atom is -0.463 e. The van der Waals surface area contributed by atoms with Gasteiger partial charge in [0, 0.05) is 26.5 Å². The predicted octanol–water partition coefficient (Wildman–Crippen LogP) is 10.4. The second-order valence-corrected chi connectivity index (χ2v) is 29.1. The number of tetrazole rings is 1. The minimum atomic E-state index is -2.03. The van der Waals surface area contributed by atoms with Crippen molar-refractivity contribution in [3.05, 3.63) is 77.1 Å². The Labute approximate surface area is 444 Å². The lowest BCUT2D eigenvalue weighted by atomic mass is 9.82. The van der Waals surface area contributed by atoms with Crippen LogP contribution in [0.15, 0.2) is 54.9 Å². The Hall–Kier alpha value is -6.07. The summed E-state index contributed by atoms with van der Waals surface area (Å²) in [6, 6.07) is 16.7. The number of carbonyl (C=O) groups is 4. The van der Waals surface area contributed by atoms with Crippen molar-refractivity contribution in [2.75, 3.05) is 24.7 Å². The van der Waals surface area contributed by atoms with Crippen molar-refractivity contribution in [3.8, 4) is 11.1 Å². The summed E-state index contributed by atoms with van der Waals surface area (Å²) in [5.41, 5.74) is -2.60. The van der Waals surface area contributed by atoms with Gasteiger partial charge in [0.1, 0.15) is 16.8 Å². The van der Waals surface area contributed by atoms with Gasteiger partial charge in [-0.25, -0.2) is 24.2 Å². The van der Waals surface area contributed by atoms with Crippen LogP contribution in [0, 0.1) is 12.3 Å². The highest BCUT2D eigenvalue weighted by Crippen LogP contribution is 2.48. The molecule has 1 aliphatic heterocycles. The van der Waals surface area contributed by atoms with E-state index in [9.17, 15) is 19.2 Å². The third kappa shape index (κ3) is 14.7. The van der Waals surface area contributed by atoms with Crippen molar-refractivity contribution in [2.45, 2.75) is 170 Å². The number of imide groups is 1. The molecule has 0 N–H and O–H groups in total. The molecule has 1 saturated heterocycles. The number of benzene rings is 2. The Morgan fingerprint density at radius 1 is 0.867 bits per heavy atom. The summed E-state index contributed by atoms with van der Waals surface area (Å²) in [6.07, 6.45) is -5.55. The zero-order valence-electron chi connectivity index (χ0n) is 46.0. The first kappa shape index (κ1) is 58.2. The van der Waals surface area contributed by atoms with Gasteiger partial charge in [-0.2, -0.15) is 14.9 Å². The number of aryl methyl sites for hydroxylation is 1. The van der Waals surface area contributed by atoms with Crippen LogP contribution in [0.25, 0.3) is 22.3 Å². The van der Waals surface area contributed by atoms with Gasteiger partial charge in [0.05, 0.1) is 25.6 Å². The van der Waals surface area contributed by atoms with E-state index in [1.165, 1.54) is 15.7 Å². The van der Waals surface area contributed by atoms with Crippen LogP contribution in [0.3, 0.4) is 0 Å². The van der Waals surface area contributed by atoms with E-state index >= 15 is 0 Å². The number of ether oxygens (including phenoxy) is 8. The zero-order chi connectivity index (χ0) is 55.5. The molecule has 2 aromatic carbocycles. The molecule has 1 fully saturated rings. The summed E-state index contributed by atoms with van der Waals surface area (Å²) >= 11 is 6.61. The Morgan fingerprint density at radius 2 is 1.49 bits per heavy atom. The molecule has 75 heavy (non-hydrogen) atoms. The third-order valence-electron chi connectivity index (χ3n) is 11.7. The Morgan fingerprint density at radius 3 is 2.08 bits per heavy atom. The maximum Gasteiger partial charge on any atom is 0.509 e. The number of anilines is 1. The smallest absolute Gasteiger partial charge is 0.463 e. The number of fused-ring (bicyclic) bond motifs is 1. The lowest BCUT2D eigenvalue weighted by Gasteiger charge is -2.34. The van der Waals surface area contributed by atoms with E-state index in [4.69, 9.17) is 49.5 Å². The normalized spacial score (nSPS) is 17.8. The SMILES string of the molecule is CCOC(=O)C(Cc1ccc(-c2ccccc2C)cc1)(OC[C@H]1O[C@@H](n2cnc3c(N(C(=O)OC(C)(C)C)C(=O)OC(C)(C)C)nc(Cl)nc32)[C@H](OC(=O)OC(C)(C)C)C1(C)C)c1nnn(COCC[Si](C)(C)C)n1. The molecule has 6 rings (SSSR count). The molecule has 2 amide bonds. The van der Waals surface area contributed by atoms with E-state index < -0.39 is 83.9 Å². The number of rotatable bonds is 17. The quantitative estimate of drug-likeness (QED) is 0.0277. The zero-order valence-corrected chi connectivity index (χ0v) is 47.7. The molecular weight excluding hydrogens is 1010 g/mol. The molecule has 408 valence electrons. The molecule has 1 aliphatic rings. The highest BCUT2D eigenvalue weighted by Gasteiger charge is 2.57. The molecule has 23 heteroatoms. The van der Waals surface area contributed by atoms with Crippen LogP contribution in [-0.2, 0) is 61.4 Å². The van der Waals surface area contributed by atoms with Crippen molar-refractivity contribution in [1.29, 1.82) is 0 Å². The average molecular weight is 1080 g/mol. The Kier molecular flexibility index (Phi) is 17.6. The van der Waals surface area contributed by atoms with Gasteiger partial charge in [0.15, 0.2) is 36.0 Å². The fourth-order valence-corrected chi connectivity index (χ4v) is 8.87. The number of carbonyl (C=O) groups excluding carboxylic acids is 4. The van der Waals surface area contributed by atoms with E-state index in [2.05, 4.69) is 50.0 Å². The van der Waals surface area contributed by atoms with Gasteiger partial charge in [-0.15, -0.1) is 15.0 Å². The van der Waals surface area contributed by atoms with Crippen LogP contribution in [-0.4, -0.2) is 121 Å². The van der Waals surface area contributed by atoms with E-state index in [-0.39, 0.29) is 49.2 Å². The lowest BCUT2D eigenvalue weighted by molar-refractivity contribution is -0.184. The standard InChI is InChI=1S/C52H72ClN9O12Si/c1-17-68-43(63)52(42-57-59-61(58-42)31-67-26-27-75(14,15)16,28-33-22-24-34(25-23-33)35-21-19-18-20-32(35)2)69-29-36-51(12,13)38(71-47(66)74-50(9,10)11)41(70-36)60-30-54-37-39(60)55-44(53)56-40(37)62(45(64)72-48(3,4)5)46(65)73-49(6,7)8/h18-25,30,36,38,41H,17,26-29,31H2,1-16H3/t36-,38+,41-,52?/m1/s1. The molecule has 0 radical (unpaired) electrons. The fraction of sp³-hybridized carbons (Fsp3) is 0.577. The number of amides is 2.